The SMILES string of the molecule is CC(C)CNCc1ccoc1COCCC1CC1. The van der Waals surface area contributed by atoms with Crippen LogP contribution in [0.4, 0.5) is 0 Å². The van der Waals surface area contributed by atoms with Crippen molar-refractivity contribution in [3.05, 3.63) is 23.7 Å². The maximum Gasteiger partial charge on any atom is 0.133 e. The van der Waals surface area contributed by atoms with E-state index in [0.29, 0.717) is 12.5 Å². The highest BCUT2D eigenvalue weighted by Crippen LogP contribution is 2.32. The molecule has 1 aromatic heterocycles. The van der Waals surface area contributed by atoms with Gasteiger partial charge >= 0.3 is 0 Å². The Hall–Kier alpha value is -0.800. The predicted octanol–water partition coefficient (Wildman–Crippen LogP) is 3.34. The lowest BCUT2D eigenvalue weighted by molar-refractivity contribution is 0.100. The third kappa shape index (κ3) is 4.83. The van der Waals surface area contributed by atoms with Gasteiger partial charge in [-0.3, -0.25) is 0 Å². The number of rotatable bonds is 9. The largest absolute Gasteiger partial charge is 0.467 e. The summed E-state index contributed by atoms with van der Waals surface area (Å²) in [5.41, 5.74) is 1.22. The molecule has 1 heterocycles. The van der Waals surface area contributed by atoms with Crippen molar-refractivity contribution in [1.29, 1.82) is 0 Å². The van der Waals surface area contributed by atoms with Crippen molar-refractivity contribution >= 4 is 0 Å². The molecule has 0 spiro atoms. The molecule has 0 bridgehead atoms. The van der Waals surface area contributed by atoms with Crippen LogP contribution >= 0.6 is 0 Å². The van der Waals surface area contributed by atoms with Crippen molar-refractivity contribution in [2.75, 3.05) is 13.2 Å². The van der Waals surface area contributed by atoms with Gasteiger partial charge in [0.05, 0.1) is 6.26 Å². The van der Waals surface area contributed by atoms with Gasteiger partial charge in [0.25, 0.3) is 0 Å². The highest BCUT2D eigenvalue weighted by atomic mass is 16.5. The summed E-state index contributed by atoms with van der Waals surface area (Å²) in [5, 5.41) is 3.43. The molecular weight excluding hydrogens is 226 g/mol. The Morgan fingerprint density at radius 2 is 2.28 bits per heavy atom. The van der Waals surface area contributed by atoms with Gasteiger partial charge < -0.3 is 14.5 Å². The lowest BCUT2D eigenvalue weighted by Gasteiger charge is -2.08. The van der Waals surface area contributed by atoms with E-state index in [1.165, 1.54) is 24.8 Å². The number of ether oxygens (including phenoxy) is 1. The van der Waals surface area contributed by atoms with Crippen LogP contribution in [0, 0.1) is 11.8 Å². The standard InChI is InChI=1S/C15H25NO2/c1-12(2)9-16-10-14-6-8-18-15(14)11-17-7-5-13-3-4-13/h6,8,12-13,16H,3-5,7,9-11H2,1-2H3. The average molecular weight is 251 g/mol. The van der Waals surface area contributed by atoms with Gasteiger partial charge in [-0.25, -0.2) is 0 Å². The topological polar surface area (TPSA) is 34.4 Å². The number of hydrogen-bond acceptors (Lipinski definition) is 3. The first-order valence-electron chi connectivity index (χ1n) is 7.09. The van der Waals surface area contributed by atoms with E-state index in [-0.39, 0.29) is 0 Å². The minimum absolute atomic E-state index is 0.610. The zero-order chi connectivity index (χ0) is 12.8. The van der Waals surface area contributed by atoms with Crippen molar-refractivity contribution in [3.8, 4) is 0 Å². The van der Waals surface area contributed by atoms with Gasteiger partial charge in [0.1, 0.15) is 12.4 Å². The molecule has 0 unspecified atom stereocenters. The molecule has 0 amide bonds. The highest BCUT2D eigenvalue weighted by Gasteiger charge is 2.20. The molecule has 1 aromatic rings. The van der Waals surface area contributed by atoms with Crippen LogP contribution in [-0.4, -0.2) is 13.2 Å². The van der Waals surface area contributed by atoms with Gasteiger partial charge in [0.2, 0.25) is 0 Å². The molecule has 0 radical (unpaired) electrons. The van der Waals surface area contributed by atoms with Gasteiger partial charge in [0, 0.05) is 18.7 Å². The Balaban J connectivity index is 1.65. The number of furan rings is 1. The number of hydrogen-bond donors (Lipinski definition) is 1. The lowest BCUT2D eigenvalue weighted by Crippen LogP contribution is -2.19. The van der Waals surface area contributed by atoms with Crippen LogP contribution in [0.15, 0.2) is 16.7 Å². The maximum atomic E-state index is 5.68. The van der Waals surface area contributed by atoms with Crippen molar-refractivity contribution in [2.45, 2.75) is 46.3 Å². The molecule has 1 aliphatic rings. The van der Waals surface area contributed by atoms with Crippen LogP contribution in [0.1, 0.15) is 44.4 Å². The molecular formula is C15H25NO2. The van der Waals surface area contributed by atoms with E-state index in [0.717, 1.165) is 31.4 Å². The Morgan fingerprint density at radius 1 is 1.44 bits per heavy atom. The molecule has 3 heteroatoms. The van der Waals surface area contributed by atoms with Gasteiger partial charge in [0.15, 0.2) is 0 Å². The molecule has 2 rings (SSSR count). The van der Waals surface area contributed by atoms with E-state index in [2.05, 4.69) is 19.2 Å². The quantitative estimate of drug-likeness (QED) is 0.683. The minimum Gasteiger partial charge on any atom is -0.467 e. The van der Waals surface area contributed by atoms with E-state index in [4.69, 9.17) is 9.15 Å². The van der Waals surface area contributed by atoms with Crippen LogP contribution < -0.4 is 5.32 Å². The molecule has 0 aliphatic heterocycles. The third-order valence-electron chi connectivity index (χ3n) is 3.31. The fourth-order valence-electron chi connectivity index (χ4n) is 1.97. The van der Waals surface area contributed by atoms with Crippen LogP contribution in [0.5, 0.6) is 0 Å². The zero-order valence-electron chi connectivity index (χ0n) is 11.6. The zero-order valence-corrected chi connectivity index (χ0v) is 11.6. The van der Waals surface area contributed by atoms with Gasteiger partial charge in [-0.1, -0.05) is 26.7 Å². The highest BCUT2D eigenvalue weighted by molar-refractivity contribution is 5.16. The second kappa shape index (κ2) is 6.95. The molecule has 102 valence electrons. The summed E-state index contributed by atoms with van der Waals surface area (Å²) < 4.78 is 11.2. The van der Waals surface area contributed by atoms with Crippen molar-refractivity contribution in [3.63, 3.8) is 0 Å². The van der Waals surface area contributed by atoms with Crippen molar-refractivity contribution in [1.82, 2.24) is 5.32 Å². The predicted molar refractivity (Wildman–Crippen MR) is 72.2 cm³/mol. The second-order valence-electron chi connectivity index (χ2n) is 5.68. The summed E-state index contributed by atoms with van der Waals surface area (Å²) >= 11 is 0. The smallest absolute Gasteiger partial charge is 0.133 e. The van der Waals surface area contributed by atoms with Gasteiger partial charge in [-0.2, -0.15) is 0 Å². The van der Waals surface area contributed by atoms with E-state index < -0.39 is 0 Å². The summed E-state index contributed by atoms with van der Waals surface area (Å²) in [6, 6.07) is 2.03. The summed E-state index contributed by atoms with van der Waals surface area (Å²) in [6.45, 7) is 7.81. The molecule has 0 atom stereocenters. The molecule has 1 fully saturated rings. The average Bonchev–Trinajstić information content (AvgIpc) is 3.05. The van der Waals surface area contributed by atoms with E-state index in [9.17, 15) is 0 Å². The van der Waals surface area contributed by atoms with Crippen LogP contribution in [0.25, 0.3) is 0 Å². The summed E-state index contributed by atoms with van der Waals surface area (Å²) in [4.78, 5) is 0. The molecule has 1 N–H and O–H groups in total. The van der Waals surface area contributed by atoms with E-state index in [1.807, 2.05) is 6.07 Å². The minimum atomic E-state index is 0.610. The van der Waals surface area contributed by atoms with E-state index in [1.54, 1.807) is 6.26 Å². The molecule has 0 saturated heterocycles. The van der Waals surface area contributed by atoms with Crippen molar-refractivity contribution < 1.29 is 9.15 Å². The van der Waals surface area contributed by atoms with Gasteiger partial charge in [-0.15, -0.1) is 0 Å². The lowest BCUT2D eigenvalue weighted by atomic mass is 10.2. The first-order chi connectivity index (χ1) is 8.75. The molecule has 18 heavy (non-hydrogen) atoms. The van der Waals surface area contributed by atoms with Gasteiger partial charge in [-0.05, 0) is 30.9 Å². The molecule has 0 aromatic carbocycles. The molecule has 1 saturated carbocycles. The van der Waals surface area contributed by atoms with Crippen LogP contribution in [-0.2, 0) is 17.9 Å². The third-order valence-corrected chi connectivity index (χ3v) is 3.31. The normalized spacial score (nSPS) is 15.5. The molecule has 1 aliphatic carbocycles. The van der Waals surface area contributed by atoms with E-state index >= 15 is 0 Å². The van der Waals surface area contributed by atoms with Crippen molar-refractivity contribution in [2.24, 2.45) is 11.8 Å². The fourth-order valence-corrected chi connectivity index (χ4v) is 1.97. The van der Waals surface area contributed by atoms with Crippen LogP contribution in [0.3, 0.4) is 0 Å². The Bertz CT molecular complexity index is 342. The first-order valence-corrected chi connectivity index (χ1v) is 7.09. The summed E-state index contributed by atoms with van der Waals surface area (Å²) in [7, 11) is 0. The Labute approximate surface area is 110 Å². The number of nitrogens with one attached hydrogen (secondary N) is 1. The summed E-state index contributed by atoms with van der Waals surface area (Å²) in [6.07, 6.45) is 5.76. The van der Waals surface area contributed by atoms with Crippen LogP contribution in [0.2, 0.25) is 0 Å². The Morgan fingerprint density at radius 3 is 3.00 bits per heavy atom. The summed E-state index contributed by atoms with van der Waals surface area (Å²) in [5.74, 6) is 2.59. The fraction of sp³-hybridized carbons (Fsp3) is 0.733. The first kappa shape index (κ1) is 13.6. The monoisotopic (exact) mass is 251 g/mol. The maximum absolute atomic E-state index is 5.68. The second-order valence-corrected chi connectivity index (χ2v) is 5.68. The molecule has 3 nitrogen and oxygen atoms in total. The Kier molecular flexibility index (Phi) is 5.26.